The lowest BCUT2D eigenvalue weighted by Crippen LogP contribution is -2.18. The van der Waals surface area contributed by atoms with Gasteiger partial charge in [-0.05, 0) is 30.7 Å². The maximum atomic E-state index is 6.02. The third-order valence-corrected chi connectivity index (χ3v) is 3.38. The highest BCUT2D eigenvalue weighted by Gasteiger charge is 2.07. The first-order valence-electron chi connectivity index (χ1n) is 6.31. The van der Waals surface area contributed by atoms with Crippen molar-refractivity contribution >= 4 is 11.6 Å². The van der Waals surface area contributed by atoms with Crippen LogP contribution >= 0.6 is 11.6 Å². The summed E-state index contributed by atoms with van der Waals surface area (Å²) in [7, 11) is 1.67. The molecule has 2 rings (SSSR count). The summed E-state index contributed by atoms with van der Waals surface area (Å²) in [6.45, 7) is 2.87. The fourth-order valence-electron chi connectivity index (χ4n) is 2.01. The number of rotatable bonds is 5. The highest BCUT2D eigenvalue weighted by atomic mass is 35.5. The van der Waals surface area contributed by atoms with Crippen LogP contribution in [0, 0.1) is 0 Å². The standard InChI is InChI=1S/C16H18ClNO/c1-12(13-6-4-3-5-7-13)18-11-14-10-15(17)8-9-16(14)19-2/h3-10,12,18H,11H2,1-2H3/t12-/m0/s1. The van der Waals surface area contributed by atoms with E-state index in [1.165, 1.54) is 5.56 Å². The van der Waals surface area contributed by atoms with E-state index >= 15 is 0 Å². The Kier molecular flexibility index (Phi) is 4.83. The monoisotopic (exact) mass is 275 g/mol. The molecule has 0 bridgehead atoms. The average molecular weight is 276 g/mol. The Morgan fingerprint density at radius 3 is 2.58 bits per heavy atom. The van der Waals surface area contributed by atoms with Gasteiger partial charge in [-0.25, -0.2) is 0 Å². The second-order valence-electron chi connectivity index (χ2n) is 4.47. The number of hydrogen-bond donors (Lipinski definition) is 1. The minimum absolute atomic E-state index is 0.282. The normalized spacial score (nSPS) is 12.2. The quantitative estimate of drug-likeness (QED) is 0.883. The third-order valence-electron chi connectivity index (χ3n) is 3.14. The summed E-state index contributed by atoms with van der Waals surface area (Å²) in [5.41, 5.74) is 2.33. The van der Waals surface area contributed by atoms with Crippen molar-refractivity contribution in [3.05, 3.63) is 64.7 Å². The highest BCUT2D eigenvalue weighted by Crippen LogP contribution is 2.23. The number of benzene rings is 2. The van der Waals surface area contributed by atoms with Crippen molar-refractivity contribution in [3.8, 4) is 5.75 Å². The zero-order valence-electron chi connectivity index (χ0n) is 11.2. The van der Waals surface area contributed by atoms with Gasteiger partial charge < -0.3 is 10.1 Å². The van der Waals surface area contributed by atoms with Crippen LogP contribution in [0.15, 0.2) is 48.5 Å². The second-order valence-corrected chi connectivity index (χ2v) is 4.91. The van der Waals surface area contributed by atoms with Gasteiger partial charge in [0.05, 0.1) is 7.11 Å². The van der Waals surface area contributed by atoms with Crippen LogP contribution in [-0.2, 0) is 6.54 Å². The van der Waals surface area contributed by atoms with Crippen molar-refractivity contribution in [3.63, 3.8) is 0 Å². The maximum absolute atomic E-state index is 6.02. The average Bonchev–Trinajstić information content (AvgIpc) is 2.46. The van der Waals surface area contributed by atoms with E-state index in [-0.39, 0.29) is 6.04 Å². The van der Waals surface area contributed by atoms with Crippen molar-refractivity contribution in [2.24, 2.45) is 0 Å². The Hall–Kier alpha value is -1.51. The van der Waals surface area contributed by atoms with Gasteiger partial charge in [0.2, 0.25) is 0 Å². The van der Waals surface area contributed by atoms with Gasteiger partial charge in [-0.15, -0.1) is 0 Å². The predicted molar refractivity (Wildman–Crippen MR) is 79.7 cm³/mol. The van der Waals surface area contributed by atoms with Crippen LogP contribution < -0.4 is 10.1 Å². The largest absolute Gasteiger partial charge is 0.496 e. The van der Waals surface area contributed by atoms with E-state index < -0.39 is 0 Å². The molecule has 0 spiro atoms. The van der Waals surface area contributed by atoms with E-state index in [0.717, 1.165) is 22.9 Å². The SMILES string of the molecule is COc1ccc(Cl)cc1CN[C@@H](C)c1ccccc1. The number of halogens is 1. The molecule has 2 nitrogen and oxygen atoms in total. The van der Waals surface area contributed by atoms with Crippen molar-refractivity contribution < 1.29 is 4.74 Å². The van der Waals surface area contributed by atoms with Gasteiger partial charge in [0.1, 0.15) is 5.75 Å². The van der Waals surface area contributed by atoms with Gasteiger partial charge in [0.15, 0.2) is 0 Å². The number of nitrogens with one attached hydrogen (secondary N) is 1. The van der Waals surface area contributed by atoms with Gasteiger partial charge >= 0.3 is 0 Å². The Balaban J connectivity index is 2.04. The molecule has 2 aromatic carbocycles. The number of hydrogen-bond acceptors (Lipinski definition) is 2. The molecule has 0 aliphatic heterocycles. The molecule has 0 saturated carbocycles. The van der Waals surface area contributed by atoms with Crippen LogP contribution in [0.2, 0.25) is 5.02 Å². The molecule has 0 heterocycles. The maximum Gasteiger partial charge on any atom is 0.123 e. The van der Waals surface area contributed by atoms with Gasteiger partial charge in [0.25, 0.3) is 0 Å². The second kappa shape index (κ2) is 6.60. The van der Waals surface area contributed by atoms with Crippen molar-refractivity contribution in [1.82, 2.24) is 5.32 Å². The lowest BCUT2D eigenvalue weighted by molar-refractivity contribution is 0.406. The van der Waals surface area contributed by atoms with E-state index in [1.807, 2.05) is 36.4 Å². The molecule has 0 fully saturated rings. The topological polar surface area (TPSA) is 21.3 Å². The summed E-state index contributed by atoms with van der Waals surface area (Å²) < 4.78 is 5.34. The predicted octanol–water partition coefficient (Wildman–Crippen LogP) is 4.20. The van der Waals surface area contributed by atoms with Crippen molar-refractivity contribution in [1.29, 1.82) is 0 Å². The van der Waals surface area contributed by atoms with Crippen LogP contribution in [0.25, 0.3) is 0 Å². The molecule has 2 aromatic rings. The molecule has 1 N–H and O–H groups in total. The Labute approximate surface area is 119 Å². The van der Waals surface area contributed by atoms with Gasteiger partial charge in [0, 0.05) is 23.2 Å². The molecular weight excluding hydrogens is 258 g/mol. The summed E-state index contributed by atoms with van der Waals surface area (Å²) in [6.07, 6.45) is 0. The third kappa shape index (κ3) is 3.72. The van der Waals surface area contributed by atoms with Crippen LogP contribution in [0.5, 0.6) is 5.75 Å². The summed E-state index contributed by atoms with van der Waals surface area (Å²) in [4.78, 5) is 0. The molecule has 0 aliphatic rings. The Morgan fingerprint density at radius 2 is 1.89 bits per heavy atom. The van der Waals surface area contributed by atoms with Gasteiger partial charge in [-0.2, -0.15) is 0 Å². The van der Waals surface area contributed by atoms with Crippen LogP contribution in [-0.4, -0.2) is 7.11 Å². The first kappa shape index (κ1) is 13.9. The molecule has 0 unspecified atom stereocenters. The zero-order chi connectivity index (χ0) is 13.7. The summed E-state index contributed by atoms with van der Waals surface area (Å²) in [5.74, 6) is 0.858. The van der Waals surface area contributed by atoms with Gasteiger partial charge in [-0.1, -0.05) is 41.9 Å². The molecule has 100 valence electrons. The van der Waals surface area contributed by atoms with Crippen LogP contribution in [0.3, 0.4) is 0 Å². The summed E-state index contributed by atoms with van der Waals surface area (Å²) in [6, 6.07) is 16.3. The molecule has 0 saturated heterocycles. The lowest BCUT2D eigenvalue weighted by Gasteiger charge is -2.16. The van der Waals surface area contributed by atoms with Crippen molar-refractivity contribution in [2.75, 3.05) is 7.11 Å². The molecule has 0 amide bonds. The molecule has 1 atom stereocenters. The summed E-state index contributed by atoms with van der Waals surface area (Å²) >= 11 is 6.02. The minimum Gasteiger partial charge on any atom is -0.496 e. The van der Waals surface area contributed by atoms with Gasteiger partial charge in [-0.3, -0.25) is 0 Å². The molecule has 19 heavy (non-hydrogen) atoms. The minimum atomic E-state index is 0.282. The molecular formula is C16H18ClNO. The van der Waals surface area contributed by atoms with E-state index in [4.69, 9.17) is 16.3 Å². The number of ether oxygens (including phenoxy) is 1. The van der Waals surface area contributed by atoms with E-state index in [0.29, 0.717) is 0 Å². The van der Waals surface area contributed by atoms with Crippen LogP contribution in [0.1, 0.15) is 24.1 Å². The Bertz CT molecular complexity index is 528. The molecule has 0 radical (unpaired) electrons. The lowest BCUT2D eigenvalue weighted by atomic mass is 10.1. The fraction of sp³-hybridized carbons (Fsp3) is 0.250. The molecule has 3 heteroatoms. The van der Waals surface area contributed by atoms with E-state index in [1.54, 1.807) is 7.11 Å². The zero-order valence-corrected chi connectivity index (χ0v) is 11.9. The van der Waals surface area contributed by atoms with Crippen molar-refractivity contribution in [2.45, 2.75) is 19.5 Å². The fourth-order valence-corrected chi connectivity index (χ4v) is 2.20. The van der Waals surface area contributed by atoms with Crippen LogP contribution in [0.4, 0.5) is 0 Å². The van der Waals surface area contributed by atoms with E-state index in [2.05, 4.69) is 24.4 Å². The van der Waals surface area contributed by atoms with E-state index in [9.17, 15) is 0 Å². The highest BCUT2D eigenvalue weighted by molar-refractivity contribution is 6.30. The first-order chi connectivity index (χ1) is 9.20. The Morgan fingerprint density at radius 1 is 1.16 bits per heavy atom. The first-order valence-corrected chi connectivity index (χ1v) is 6.69. The number of methoxy groups -OCH3 is 1. The molecule has 0 aliphatic carbocycles. The smallest absolute Gasteiger partial charge is 0.123 e. The molecule has 0 aromatic heterocycles. The summed E-state index contributed by atoms with van der Waals surface area (Å²) in [5, 5.41) is 4.21.